The molecule has 0 aliphatic carbocycles. The summed E-state index contributed by atoms with van der Waals surface area (Å²) in [6.07, 6.45) is 0.825. The maximum atomic E-state index is 12.3. The summed E-state index contributed by atoms with van der Waals surface area (Å²) in [4.78, 5) is 0. The van der Waals surface area contributed by atoms with E-state index < -0.39 is 10.2 Å². The molecule has 5 nitrogen and oxygen atoms in total. The van der Waals surface area contributed by atoms with E-state index in [9.17, 15) is 13.5 Å². The van der Waals surface area contributed by atoms with E-state index in [-0.39, 0.29) is 18.6 Å². The summed E-state index contributed by atoms with van der Waals surface area (Å²) in [5.41, 5.74) is 0. The molecule has 1 aliphatic heterocycles. The average Bonchev–Trinajstić information content (AvgIpc) is 2.61. The van der Waals surface area contributed by atoms with Crippen LogP contribution in [-0.2, 0) is 10.2 Å². The van der Waals surface area contributed by atoms with Gasteiger partial charge in [-0.15, -0.1) is 0 Å². The van der Waals surface area contributed by atoms with Crippen LogP contribution in [0.1, 0.15) is 27.2 Å². The smallest absolute Gasteiger partial charge is 0.282 e. The van der Waals surface area contributed by atoms with Gasteiger partial charge in [0.15, 0.2) is 0 Å². The molecular formula is C10H22N2O3S. The minimum Gasteiger partial charge on any atom is -0.395 e. The first-order valence-corrected chi connectivity index (χ1v) is 7.26. The molecule has 0 aromatic carbocycles. The summed E-state index contributed by atoms with van der Waals surface area (Å²) in [6.45, 7) is 7.01. The van der Waals surface area contributed by atoms with E-state index in [4.69, 9.17) is 0 Å². The van der Waals surface area contributed by atoms with Crippen molar-refractivity contribution in [2.75, 3.05) is 26.2 Å². The Labute approximate surface area is 98.2 Å². The molecule has 6 heteroatoms. The minimum atomic E-state index is -3.39. The Morgan fingerprint density at radius 1 is 1.38 bits per heavy atom. The Morgan fingerprint density at radius 2 is 1.94 bits per heavy atom. The van der Waals surface area contributed by atoms with Crippen molar-refractivity contribution in [3.05, 3.63) is 0 Å². The molecule has 2 atom stereocenters. The van der Waals surface area contributed by atoms with Crippen LogP contribution in [0.25, 0.3) is 0 Å². The molecule has 96 valence electrons. The van der Waals surface area contributed by atoms with Crippen LogP contribution in [0.4, 0.5) is 0 Å². The average molecular weight is 250 g/mol. The van der Waals surface area contributed by atoms with E-state index in [1.165, 1.54) is 8.61 Å². The van der Waals surface area contributed by atoms with Gasteiger partial charge in [0, 0.05) is 19.6 Å². The molecule has 1 saturated heterocycles. The second-order valence-electron chi connectivity index (χ2n) is 4.22. The summed E-state index contributed by atoms with van der Waals surface area (Å²) in [6, 6.07) is -0.259. The van der Waals surface area contributed by atoms with Crippen molar-refractivity contribution >= 4 is 10.2 Å². The minimum absolute atomic E-state index is 0.0956. The molecule has 1 rings (SSSR count). The lowest BCUT2D eigenvalue weighted by atomic mass is 10.0. The van der Waals surface area contributed by atoms with Crippen molar-refractivity contribution < 1.29 is 13.5 Å². The highest BCUT2D eigenvalue weighted by Crippen LogP contribution is 2.27. The van der Waals surface area contributed by atoms with Crippen LogP contribution in [0, 0.1) is 5.92 Å². The molecule has 2 unspecified atom stereocenters. The summed E-state index contributed by atoms with van der Waals surface area (Å²) in [7, 11) is -3.39. The van der Waals surface area contributed by atoms with Crippen molar-refractivity contribution in [3.63, 3.8) is 0 Å². The normalized spacial score (nSPS) is 27.8. The van der Waals surface area contributed by atoms with Crippen molar-refractivity contribution in [2.24, 2.45) is 5.92 Å². The Morgan fingerprint density at radius 3 is 2.38 bits per heavy atom. The first-order valence-electron chi connectivity index (χ1n) is 5.86. The molecule has 1 fully saturated rings. The maximum absolute atomic E-state index is 12.3. The van der Waals surface area contributed by atoms with Crippen LogP contribution < -0.4 is 0 Å². The van der Waals surface area contributed by atoms with E-state index in [1.807, 2.05) is 20.8 Å². The van der Waals surface area contributed by atoms with Gasteiger partial charge in [0.1, 0.15) is 0 Å². The van der Waals surface area contributed by atoms with E-state index >= 15 is 0 Å². The van der Waals surface area contributed by atoms with Gasteiger partial charge >= 0.3 is 0 Å². The first-order chi connectivity index (χ1) is 7.48. The Bertz CT molecular complexity index is 314. The third kappa shape index (κ3) is 2.40. The van der Waals surface area contributed by atoms with Crippen molar-refractivity contribution in [3.8, 4) is 0 Å². The van der Waals surface area contributed by atoms with Crippen LogP contribution >= 0.6 is 0 Å². The number of hydrogen-bond donors (Lipinski definition) is 1. The number of aliphatic hydroxyl groups is 1. The van der Waals surface area contributed by atoms with E-state index in [0.29, 0.717) is 19.6 Å². The highest BCUT2D eigenvalue weighted by atomic mass is 32.2. The van der Waals surface area contributed by atoms with Gasteiger partial charge in [-0.2, -0.15) is 17.0 Å². The van der Waals surface area contributed by atoms with Gasteiger partial charge in [0.05, 0.1) is 12.6 Å². The molecule has 0 aromatic rings. The number of hydrogen-bond acceptors (Lipinski definition) is 3. The van der Waals surface area contributed by atoms with Gasteiger partial charge in [0.25, 0.3) is 10.2 Å². The largest absolute Gasteiger partial charge is 0.395 e. The third-order valence-electron chi connectivity index (χ3n) is 3.35. The lowest BCUT2D eigenvalue weighted by Gasteiger charge is -2.29. The van der Waals surface area contributed by atoms with Gasteiger partial charge in [-0.05, 0) is 12.3 Å². The molecule has 0 aromatic heterocycles. The molecule has 0 saturated carbocycles. The van der Waals surface area contributed by atoms with Gasteiger partial charge in [-0.3, -0.25) is 0 Å². The lowest BCUT2D eigenvalue weighted by Crippen LogP contribution is -2.47. The zero-order valence-electron chi connectivity index (χ0n) is 10.3. The fraction of sp³-hybridized carbons (Fsp3) is 1.00. The predicted octanol–water partition coefficient (Wildman–Crippen LogP) is 0.276. The molecule has 1 N–H and O–H groups in total. The number of nitrogens with zero attached hydrogens (tertiary/aromatic N) is 2. The zero-order valence-corrected chi connectivity index (χ0v) is 11.1. The summed E-state index contributed by atoms with van der Waals surface area (Å²) < 4.78 is 27.4. The van der Waals surface area contributed by atoms with Crippen LogP contribution in [0.15, 0.2) is 0 Å². The highest BCUT2D eigenvalue weighted by Gasteiger charge is 2.40. The van der Waals surface area contributed by atoms with Gasteiger partial charge < -0.3 is 5.11 Å². The Hall–Kier alpha value is -0.170. The highest BCUT2D eigenvalue weighted by molar-refractivity contribution is 7.86. The van der Waals surface area contributed by atoms with E-state index in [1.54, 1.807) is 0 Å². The fourth-order valence-electron chi connectivity index (χ4n) is 2.23. The van der Waals surface area contributed by atoms with Crippen LogP contribution in [0.3, 0.4) is 0 Å². The predicted molar refractivity (Wildman–Crippen MR) is 63.2 cm³/mol. The topological polar surface area (TPSA) is 60.9 Å². The van der Waals surface area contributed by atoms with Gasteiger partial charge in [0.2, 0.25) is 0 Å². The van der Waals surface area contributed by atoms with Crippen molar-refractivity contribution in [2.45, 2.75) is 33.2 Å². The molecule has 0 amide bonds. The fourth-order valence-corrected chi connectivity index (χ4v) is 4.13. The SMILES string of the molecule is CCN(CC)S(=O)(=O)N1CCC(C)C1CO. The molecule has 1 heterocycles. The summed E-state index contributed by atoms with van der Waals surface area (Å²) in [5.74, 6) is 0.232. The van der Waals surface area contributed by atoms with Crippen molar-refractivity contribution in [1.82, 2.24) is 8.61 Å². The summed E-state index contributed by atoms with van der Waals surface area (Å²) in [5, 5.41) is 9.27. The molecule has 16 heavy (non-hydrogen) atoms. The second kappa shape index (κ2) is 5.44. The monoisotopic (exact) mass is 250 g/mol. The molecule has 0 radical (unpaired) electrons. The first kappa shape index (κ1) is 13.9. The molecule has 0 bridgehead atoms. The molecule has 1 aliphatic rings. The Kier molecular flexibility index (Phi) is 4.73. The number of rotatable bonds is 5. The van der Waals surface area contributed by atoms with Crippen LogP contribution in [0.2, 0.25) is 0 Å². The van der Waals surface area contributed by atoms with Gasteiger partial charge in [-0.1, -0.05) is 20.8 Å². The standard InChI is InChI=1S/C10H22N2O3S/c1-4-11(5-2)16(14,15)12-7-6-9(3)10(12)8-13/h9-10,13H,4-8H2,1-3H3. The van der Waals surface area contributed by atoms with Crippen LogP contribution in [0.5, 0.6) is 0 Å². The number of aliphatic hydroxyl groups excluding tert-OH is 1. The van der Waals surface area contributed by atoms with Crippen molar-refractivity contribution in [1.29, 1.82) is 0 Å². The third-order valence-corrected chi connectivity index (χ3v) is 5.56. The van der Waals surface area contributed by atoms with E-state index in [0.717, 1.165) is 6.42 Å². The van der Waals surface area contributed by atoms with Gasteiger partial charge in [-0.25, -0.2) is 0 Å². The quantitative estimate of drug-likeness (QED) is 0.762. The second-order valence-corrected chi connectivity index (χ2v) is 6.10. The molecular weight excluding hydrogens is 228 g/mol. The lowest BCUT2D eigenvalue weighted by molar-refractivity contribution is 0.185. The summed E-state index contributed by atoms with van der Waals surface area (Å²) >= 11 is 0. The van der Waals surface area contributed by atoms with Crippen LogP contribution in [-0.4, -0.2) is 54.4 Å². The maximum Gasteiger partial charge on any atom is 0.282 e. The Balaban J connectivity index is 2.91. The zero-order chi connectivity index (χ0) is 12.3. The van der Waals surface area contributed by atoms with E-state index in [2.05, 4.69) is 0 Å². The molecule has 0 spiro atoms.